The fourth-order valence-electron chi connectivity index (χ4n) is 6.97. The number of hydrogen-bond donors (Lipinski definition) is 6. The third kappa shape index (κ3) is 17.6. The smallest absolute Gasteiger partial charge is 0.295 e. The van der Waals surface area contributed by atoms with Gasteiger partial charge in [0.05, 0.1) is 50.5 Å². The number of anilines is 1. The number of hydrazine groups is 2. The standard InChI is InChI=1S/C50H62N10O9S/c1-50(2,23-11-12-28-69-47-34-42(38-15-5-3-6-16-38)33-43(55-47)39-17-7-4-8-18-39)49-57-59-60(58-49)37-46(61)51-24-13-26-66-29-31-68-32-30-67-27-14-25-52-48(62)41-21-22-45(53-35-41)56-54-36-40-19-9-10-20-44(40)70(63,64)65/h3-10,15-22,33-36,59H,11-14,23-32,37H2,1-2H3,(H,51,61)(H,52,62)(H,53,56)(H,57,58)(H,63,64,65)/b54-36+. The van der Waals surface area contributed by atoms with Crippen LogP contribution in [0, 0.1) is 5.41 Å². The van der Waals surface area contributed by atoms with Crippen molar-refractivity contribution in [2.24, 2.45) is 15.6 Å². The molecule has 0 saturated heterocycles. The predicted molar refractivity (Wildman–Crippen MR) is 267 cm³/mol. The molecule has 0 atom stereocenters. The summed E-state index contributed by atoms with van der Waals surface area (Å²) in [7, 11) is -4.40. The Balaban J connectivity index is 0.729. The molecule has 3 aromatic carbocycles. The maximum atomic E-state index is 12.6. The molecule has 6 rings (SSSR count). The highest BCUT2D eigenvalue weighted by Gasteiger charge is 2.30. The first-order chi connectivity index (χ1) is 33.9. The third-order valence-electron chi connectivity index (χ3n) is 10.8. The monoisotopic (exact) mass is 978 g/mol. The highest BCUT2D eigenvalue weighted by Crippen LogP contribution is 2.30. The van der Waals surface area contributed by atoms with E-state index < -0.39 is 10.1 Å². The highest BCUT2D eigenvalue weighted by molar-refractivity contribution is 7.86. The zero-order valence-electron chi connectivity index (χ0n) is 39.5. The van der Waals surface area contributed by atoms with Crippen molar-refractivity contribution in [3.05, 3.63) is 127 Å². The molecule has 0 radical (unpaired) electrons. The van der Waals surface area contributed by atoms with E-state index in [-0.39, 0.29) is 34.2 Å². The fraction of sp³-hybridized carbons (Fsp3) is 0.360. The van der Waals surface area contributed by atoms with Crippen LogP contribution in [0.15, 0.2) is 130 Å². The minimum absolute atomic E-state index is 0.0796. The Hall–Kier alpha value is -6.81. The second kappa shape index (κ2) is 27.4. The van der Waals surface area contributed by atoms with Crippen LogP contribution in [0.5, 0.6) is 5.88 Å². The summed E-state index contributed by atoms with van der Waals surface area (Å²) in [5.74, 6) is 1.26. The average molecular weight is 979 g/mol. The predicted octanol–water partition coefficient (Wildman–Crippen LogP) is 6.09. The summed E-state index contributed by atoms with van der Waals surface area (Å²) in [6.07, 6.45) is 6.51. The van der Waals surface area contributed by atoms with E-state index in [0.29, 0.717) is 89.4 Å². The van der Waals surface area contributed by atoms with Crippen LogP contribution in [0.4, 0.5) is 5.82 Å². The van der Waals surface area contributed by atoms with Gasteiger partial charge in [0.2, 0.25) is 11.8 Å². The summed E-state index contributed by atoms with van der Waals surface area (Å²) < 4.78 is 55.4. The van der Waals surface area contributed by atoms with Gasteiger partial charge < -0.3 is 29.6 Å². The maximum Gasteiger partial charge on any atom is 0.295 e. The normalized spacial score (nSPS) is 12.8. The van der Waals surface area contributed by atoms with E-state index in [1.54, 1.807) is 23.3 Å². The number of carbonyl (C=O) groups excluding carboxylic acids is 2. The largest absolute Gasteiger partial charge is 0.478 e. The molecule has 0 spiro atoms. The first-order valence-corrected chi connectivity index (χ1v) is 24.6. The first-order valence-electron chi connectivity index (χ1n) is 23.2. The molecule has 6 N–H and O–H groups in total. The lowest BCUT2D eigenvalue weighted by atomic mass is 9.86. The Morgan fingerprint density at radius 2 is 1.41 bits per heavy atom. The van der Waals surface area contributed by atoms with Crippen LogP contribution in [-0.4, -0.2) is 118 Å². The molecule has 19 nitrogen and oxygen atoms in total. The van der Waals surface area contributed by atoms with Gasteiger partial charge in [-0.3, -0.25) is 25.0 Å². The molecule has 372 valence electrons. The maximum absolute atomic E-state index is 12.6. The third-order valence-corrected chi connectivity index (χ3v) is 11.7. The topological polar surface area (TPSA) is 239 Å². The van der Waals surface area contributed by atoms with Crippen LogP contribution in [0.25, 0.3) is 22.4 Å². The van der Waals surface area contributed by atoms with Crippen molar-refractivity contribution in [3.8, 4) is 28.3 Å². The Kier molecular flexibility index (Phi) is 20.6. The van der Waals surface area contributed by atoms with Crippen LogP contribution in [0.3, 0.4) is 0 Å². The van der Waals surface area contributed by atoms with E-state index in [0.717, 1.165) is 47.5 Å². The molecule has 0 unspecified atom stereocenters. The molecular formula is C50H62N10O9S. The summed E-state index contributed by atoms with van der Waals surface area (Å²) >= 11 is 0. The van der Waals surface area contributed by atoms with Crippen LogP contribution in [0.2, 0.25) is 0 Å². The average Bonchev–Trinajstić information content (AvgIpc) is 3.85. The van der Waals surface area contributed by atoms with Crippen molar-refractivity contribution in [3.63, 3.8) is 0 Å². The fourth-order valence-corrected chi connectivity index (χ4v) is 7.64. The number of pyridine rings is 2. The van der Waals surface area contributed by atoms with E-state index >= 15 is 0 Å². The van der Waals surface area contributed by atoms with Crippen LogP contribution in [0.1, 0.15) is 61.9 Å². The molecule has 5 aromatic rings. The number of hydrogen-bond acceptors (Lipinski definition) is 16. The number of hydrazone groups is 2. The zero-order valence-corrected chi connectivity index (χ0v) is 40.3. The van der Waals surface area contributed by atoms with Gasteiger partial charge in [-0.25, -0.2) is 15.5 Å². The Morgan fingerprint density at radius 3 is 2.10 bits per heavy atom. The van der Waals surface area contributed by atoms with Crippen LogP contribution in [-0.2, 0) is 29.1 Å². The molecule has 2 aromatic heterocycles. The number of nitrogens with zero attached hydrogens (tertiary/aromatic N) is 5. The van der Waals surface area contributed by atoms with Crippen molar-refractivity contribution in [1.82, 2.24) is 36.7 Å². The molecule has 2 amide bonds. The lowest BCUT2D eigenvalue weighted by Crippen LogP contribution is -2.49. The van der Waals surface area contributed by atoms with Crippen molar-refractivity contribution < 1.29 is 41.5 Å². The minimum Gasteiger partial charge on any atom is -0.478 e. The number of benzene rings is 3. The second-order valence-corrected chi connectivity index (χ2v) is 18.1. The molecule has 70 heavy (non-hydrogen) atoms. The minimum atomic E-state index is -4.40. The Labute approximate surface area is 409 Å². The number of unbranched alkanes of at least 4 members (excludes halogenated alkanes) is 1. The lowest BCUT2D eigenvalue weighted by Gasteiger charge is -2.25. The number of rotatable bonds is 30. The lowest BCUT2D eigenvalue weighted by molar-refractivity contribution is -0.123. The van der Waals surface area contributed by atoms with Crippen molar-refractivity contribution >= 4 is 39.8 Å². The van der Waals surface area contributed by atoms with Crippen LogP contribution >= 0.6 is 0 Å². The van der Waals surface area contributed by atoms with Gasteiger partial charge in [-0.05, 0) is 67.5 Å². The van der Waals surface area contributed by atoms with Gasteiger partial charge in [0, 0.05) is 55.1 Å². The number of amidine groups is 1. The number of aromatic nitrogens is 2. The molecule has 0 saturated carbocycles. The van der Waals surface area contributed by atoms with E-state index in [2.05, 4.69) is 86.4 Å². The first kappa shape index (κ1) is 52.6. The van der Waals surface area contributed by atoms with Gasteiger partial charge in [-0.15, -0.1) is 10.2 Å². The molecule has 0 aliphatic carbocycles. The van der Waals surface area contributed by atoms with Gasteiger partial charge in [-0.2, -0.15) is 13.5 Å². The SMILES string of the molecule is CC(C)(CCCCOc1cc(-c2ccccc2)cc(-c2ccccc2)n1)C1=NNN(CC(=O)NCCCOCCOCCOCCCNC(=O)c2ccc(N/N=C/c3ccccc3S(=O)(=O)O)nc2)N1. The van der Waals surface area contributed by atoms with E-state index in [1.165, 1.54) is 30.6 Å². The quantitative estimate of drug-likeness (QED) is 0.0132. The van der Waals surface area contributed by atoms with E-state index in [4.69, 9.17) is 23.9 Å². The van der Waals surface area contributed by atoms with Crippen LogP contribution < -0.4 is 31.8 Å². The van der Waals surface area contributed by atoms with Crippen molar-refractivity contribution in [2.45, 2.75) is 50.8 Å². The molecular weight excluding hydrogens is 917 g/mol. The molecule has 0 fully saturated rings. The van der Waals surface area contributed by atoms with E-state index in [1.807, 2.05) is 42.5 Å². The molecule has 1 aliphatic heterocycles. The van der Waals surface area contributed by atoms with Gasteiger partial charge in [-0.1, -0.05) is 92.7 Å². The highest BCUT2D eigenvalue weighted by atomic mass is 32.2. The summed E-state index contributed by atoms with van der Waals surface area (Å²) in [5, 5.41) is 15.7. The number of ether oxygens (including phenoxy) is 4. The number of nitrogens with one attached hydrogen (secondary N) is 5. The summed E-state index contributed by atoms with van der Waals surface area (Å²) in [6, 6.07) is 33.4. The zero-order chi connectivity index (χ0) is 49.4. The van der Waals surface area contributed by atoms with E-state index in [9.17, 15) is 22.6 Å². The Bertz CT molecular complexity index is 2530. The molecule has 1 aliphatic rings. The van der Waals surface area contributed by atoms with Gasteiger partial charge >= 0.3 is 0 Å². The summed E-state index contributed by atoms with van der Waals surface area (Å²) in [5.41, 5.74) is 13.2. The van der Waals surface area contributed by atoms with Crippen molar-refractivity contribution in [1.29, 1.82) is 0 Å². The Morgan fingerprint density at radius 1 is 0.757 bits per heavy atom. The molecule has 3 heterocycles. The second-order valence-electron chi connectivity index (χ2n) is 16.7. The molecule has 20 heteroatoms. The summed E-state index contributed by atoms with van der Waals surface area (Å²) in [6.45, 7) is 8.32. The number of amides is 2. The van der Waals surface area contributed by atoms with Gasteiger partial charge in [0.15, 0.2) is 0 Å². The van der Waals surface area contributed by atoms with Gasteiger partial charge in [0.25, 0.3) is 16.0 Å². The van der Waals surface area contributed by atoms with Crippen molar-refractivity contribution in [2.75, 3.05) is 71.3 Å². The molecule has 0 bridgehead atoms. The summed E-state index contributed by atoms with van der Waals surface area (Å²) in [4.78, 5) is 33.8. The number of carbonyl (C=O) groups is 2. The van der Waals surface area contributed by atoms with Gasteiger partial charge in [0.1, 0.15) is 23.1 Å².